The van der Waals surface area contributed by atoms with Crippen molar-refractivity contribution in [1.82, 2.24) is 4.98 Å². The number of nitrogens with two attached hydrogens (primary N) is 1. The summed E-state index contributed by atoms with van der Waals surface area (Å²) < 4.78 is 5.56. The first-order valence-electron chi connectivity index (χ1n) is 6.54. The zero-order valence-electron chi connectivity index (χ0n) is 11.6. The number of para-hydroxylation sites is 1. The van der Waals surface area contributed by atoms with Crippen LogP contribution in [0.1, 0.15) is 11.3 Å². The van der Waals surface area contributed by atoms with E-state index in [-0.39, 0.29) is 0 Å². The highest BCUT2D eigenvalue weighted by Gasteiger charge is 2.10. The first-order valence-corrected chi connectivity index (χ1v) is 6.54. The number of aromatic nitrogens is 1. The lowest BCUT2D eigenvalue weighted by Crippen LogP contribution is -2.18. The average molecular weight is 267 g/mol. The summed E-state index contributed by atoms with van der Waals surface area (Å²) in [5, 5.41) is 1.14. The molecule has 20 heavy (non-hydrogen) atoms. The van der Waals surface area contributed by atoms with Crippen LogP contribution in [-0.4, -0.2) is 12.0 Å². The monoisotopic (exact) mass is 267 g/mol. The van der Waals surface area contributed by atoms with Gasteiger partial charge in [0.05, 0.1) is 17.6 Å². The van der Waals surface area contributed by atoms with Crippen LogP contribution in [0.25, 0.3) is 11.0 Å². The Hall–Kier alpha value is -2.49. The highest BCUT2D eigenvalue weighted by molar-refractivity contribution is 5.81. The van der Waals surface area contributed by atoms with Crippen molar-refractivity contribution in [2.75, 3.05) is 17.7 Å². The van der Waals surface area contributed by atoms with Gasteiger partial charge in [-0.25, -0.2) is 4.98 Å². The predicted molar refractivity (Wildman–Crippen MR) is 81.7 cm³/mol. The van der Waals surface area contributed by atoms with E-state index in [9.17, 15) is 0 Å². The van der Waals surface area contributed by atoms with Crippen LogP contribution in [0.4, 0.5) is 11.5 Å². The maximum absolute atomic E-state index is 5.80. The maximum Gasteiger partial charge on any atom is 0.134 e. The maximum atomic E-state index is 5.80. The lowest BCUT2D eigenvalue weighted by Gasteiger charge is -2.18. The zero-order chi connectivity index (χ0) is 14.1. The van der Waals surface area contributed by atoms with E-state index in [4.69, 9.17) is 10.2 Å². The second-order valence-corrected chi connectivity index (χ2v) is 4.96. The number of pyridine rings is 1. The molecule has 2 heterocycles. The molecule has 0 aliphatic carbocycles. The fourth-order valence-electron chi connectivity index (χ4n) is 2.26. The minimum Gasteiger partial charge on any atom is -0.464 e. The minimum absolute atomic E-state index is 0.718. The van der Waals surface area contributed by atoms with Gasteiger partial charge in [-0.3, -0.25) is 0 Å². The van der Waals surface area contributed by atoms with E-state index >= 15 is 0 Å². The highest BCUT2D eigenvalue weighted by atomic mass is 16.3. The largest absolute Gasteiger partial charge is 0.464 e. The van der Waals surface area contributed by atoms with Gasteiger partial charge in [0.2, 0.25) is 0 Å². The number of benzene rings is 1. The normalized spacial score (nSPS) is 10.9. The molecule has 0 aliphatic heterocycles. The first-order chi connectivity index (χ1) is 9.65. The molecule has 0 amide bonds. The third-order valence-corrected chi connectivity index (χ3v) is 3.47. The third kappa shape index (κ3) is 2.20. The Kier molecular flexibility index (Phi) is 3.06. The predicted octanol–water partition coefficient (Wildman–Crippen LogP) is 3.35. The van der Waals surface area contributed by atoms with Crippen LogP contribution < -0.4 is 10.6 Å². The number of aryl methyl sites for hydroxylation is 1. The minimum atomic E-state index is 0.718. The molecular weight excluding hydrogens is 250 g/mol. The van der Waals surface area contributed by atoms with Crippen LogP contribution in [-0.2, 0) is 6.54 Å². The van der Waals surface area contributed by atoms with Crippen molar-refractivity contribution in [1.29, 1.82) is 0 Å². The third-order valence-electron chi connectivity index (χ3n) is 3.47. The summed E-state index contributed by atoms with van der Waals surface area (Å²) in [6, 6.07) is 11.9. The summed E-state index contributed by atoms with van der Waals surface area (Å²) in [6.07, 6.45) is 1.81. The smallest absolute Gasteiger partial charge is 0.134 e. The summed E-state index contributed by atoms with van der Waals surface area (Å²) >= 11 is 0. The first kappa shape index (κ1) is 12.5. The van der Waals surface area contributed by atoms with Gasteiger partial charge >= 0.3 is 0 Å². The fraction of sp³-hybridized carbons (Fsp3) is 0.188. The standard InChI is InChI=1S/C16H17N3O/c1-11-14(17)7-8-16(18-11)19(2)9-12-10-20-15-6-4-3-5-13(12)15/h3-8,10H,9,17H2,1-2H3. The zero-order valence-corrected chi connectivity index (χ0v) is 11.6. The van der Waals surface area contributed by atoms with Crippen molar-refractivity contribution >= 4 is 22.5 Å². The molecule has 3 aromatic rings. The van der Waals surface area contributed by atoms with Gasteiger partial charge in [0.15, 0.2) is 0 Å². The molecule has 0 radical (unpaired) electrons. The van der Waals surface area contributed by atoms with Gasteiger partial charge in [0.1, 0.15) is 11.4 Å². The van der Waals surface area contributed by atoms with Crippen LogP contribution in [0.2, 0.25) is 0 Å². The van der Waals surface area contributed by atoms with Gasteiger partial charge < -0.3 is 15.1 Å². The molecule has 0 aliphatic rings. The van der Waals surface area contributed by atoms with Gasteiger partial charge in [-0.05, 0) is 25.1 Å². The summed E-state index contributed by atoms with van der Waals surface area (Å²) in [7, 11) is 2.01. The molecule has 2 N–H and O–H groups in total. The molecule has 0 fully saturated rings. The number of anilines is 2. The summed E-state index contributed by atoms with van der Waals surface area (Å²) in [4.78, 5) is 6.59. The molecule has 0 spiro atoms. The van der Waals surface area contributed by atoms with Crippen molar-refractivity contribution in [2.45, 2.75) is 13.5 Å². The summed E-state index contributed by atoms with van der Waals surface area (Å²) in [5.41, 5.74) is 9.44. The number of rotatable bonds is 3. The number of fused-ring (bicyclic) bond motifs is 1. The average Bonchev–Trinajstić information content (AvgIpc) is 2.85. The van der Waals surface area contributed by atoms with Crippen LogP contribution in [0.5, 0.6) is 0 Å². The molecule has 102 valence electrons. The molecule has 0 bridgehead atoms. The van der Waals surface area contributed by atoms with E-state index in [0.717, 1.165) is 40.3 Å². The summed E-state index contributed by atoms with van der Waals surface area (Å²) in [5.74, 6) is 0.905. The molecule has 2 aromatic heterocycles. The summed E-state index contributed by atoms with van der Waals surface area (Å²) in [6.45, 7) is 2.66. The topological polar surface area (TPSA) is 55.3 Å². The van der Waals surface area contributed by atoms with Crippen LogP contribution in [0.15, 0.2) is 47.1 Å². The molecule has 4 heteroatoms. The van der Waals surface area contributed by atoms with Gasteiger partial charge in [-0.15, -0.1) is 0 Å². The Morgan fingerprint density at radius 1 is 1.20 bits per heavy atom. The van der Waals surface area contributed by atoms with Gasteiger partial charge in [-0.1, -0.05) is 18.2 Å². The van der Waals surface area contributed by atoms with Crippen molar-refractivity contribution in [2.24, 2.45) is 0 Å². The Labute approximate surface area is 117 Å². The lowest BCUT2D eigenvalue weighted by molar-refractivity contribution is 0.609. The van der Waals surface area contributed by atoms with E-state index in [1.165, 1.54) is 0 Å². The fourth-order valence-corrected chi connectivity index (χ4v) is 2.26. The molecular formula is C16H17N3O. The SMILES string of the molecule is Cc1nc(N(C)Cc2coc3ccccc23)ccc1N. The van der Waals surface area contributed by atoms with Crippen molar-refractivity contribution in [3.63, 3.8) is 0 Å². The number of furan rings is 1. The molecule has 4 nitrogen and oxygen atoms in total. The van der Waals surface area contributed by atoms with E-state index in [1.54, 1.807) is 0 Å². The van der Waals surface area contributed by atoms with E-state index < -0.39 is 0 Å². The van der Waals surface area contributed by atoms with Crippen molar-refractivity contribution < 1.29 is 4.42 Å². The highest BCUT2D eigenvalue weighted by Crippen LogP contribution is 2.23. The van der Waals surface area contributed by atoms with Crippen LogP contribution in [0, 0.1) is 6.92 Å². The second kappa shape index (κ2) is 4.89. The van der Waals surface area contributed by atoms with Gasteiger partial charge in [-0.2, -0.15) is 0 Å². The molecule has 1 aromatic carbocycles. The molecule has 0 atom stereocenters. The Morgan fingerprint density at radius 3 is 2.80 bits per heavy atom. The molecule has 0 saturated carbocycles. The lowest BCUT2D eigenvalue weighted by atomic mass is 10.1. The number of nitrogens with zero attached hydrogens (tertiary/aromatic N) is 2. The van der Waals surface area contributed by atoms with Crippen molar-refractivity contribution in [3.05, 3.63) is 53.9 Å². The molecule has 0 unspecified atom stereocenters. The van der Waals surface area contributed by atoms with Crippen molar-refractivity contribution in [3.8, 4) is 0 Å². The molecule has 3 rings (SSSR count). The Morgan fingerprint density at radius 2 is 2.00 bits per heavy atom. The van der Waals surface area contributed by atoms with Crippen LogP contribution >= 0.6 is 0 Å². The second-order valence-electron chi connectivity index (χ2n) is 4.96. The number of hydrogen-bond acceptors (Lipinski definition) is 4. The Bertz CT molecular complexity index is 748. The van der Waals surface area contributed by atoms with Gasteiger partial charge in [0, 0.05) is 24.5 Å². The number of nitrogen functional groups attached to an aromatic ring is 1. The van der Waals surface area contributed by atoms with Gasteiger partial charge in [0.25, 0.3) is 0 Å². The van der Waals surface area contributed by atoms with Crippen LogP contribution in [0.3, 0.4) is 0 Å². The van der Waals surface area contributed by atoms with E-state index in [2.05, 4.69) is 16.0 Å². The number of hydrogen-bond donors (Lipinski definition) is 1. The van der Waals surface area contributed by atoms with E-state index in [0.29, 0.717) is 0 Å². The van der Waals surface area contributed by atoms with E-state index in [1.807, 2.05) is 50.6 Å². The molecule has 0 saturated heterocycles. The quantitative estimate of drug-likeness (QED) is 0.790. The Balaban J connectivity index is 1.88.